The van der Waals surface area contributed by atoms with E-state index in [1.807, 2.05) is 37.3 Å². The first-order valence-corrected chi connectivity index (χ1v) is 7.34. The van der Waals surface area contributed by atoms with Crippen molar-refractivity contribution in [2.45, 2.75) is 44.2 Å². The highest BCUT2D eigenvalue weighted by Crippen LogP contribution is 2.19. The Kier molecular flexibility index (Phi) is 4.96. The molecule has 1 aliphatic heterocycles. The van der Waals surface area contributed by atoms with Crippen LogP contribution in [0.5, 0.6) is 0 Å². The monoisotopic (exact) mass is 290 g/mol. The van der Waals surface area contributed by atoms with E-state index in [0.29, 0.717) is 12.8 Å². The Morgan fingerprint density at radius 1 is 1.38 bits per heavy atom. The lowest BCUT2D eigenvalue weighted by atomic mass is 9.98. The lowest BCUT2D eigenvalue weighted by Crippen LogP contribution is -2.55. The average molecular weight is 290 g/mol. The molecule has 1 fully saturated rings. The summed E-state index contributed by atoms with van der Waals surface area (Å²) < 4.78 is 0. The van der Waals surface area contributed by atoms with Crippen LogP contribution in [0.4, 0.5) is 0 Å². The molecule has 5 heteroatoms. The minimum absolute atomic E-state index is 0.222. The van der Waals surface area contributed by atoms with E-state index >= 15 is 0 Å². The zero-order valence-corrected chi connectivity index (χ0v) is 12.3. The number of rotatable bonds is 6. The van der Waals surface area contributed by atoms with Crippen LogP contribution in [0, 0.1) is 0 Å². The maximum atomic E-state index is 12.3. The molecule has 5 nitrogen and oxygen atoms in total. The van der Waals surface area contributed by atoms with Crippen molar-refractivity contribution in [2.24, 2.45) is 0 Å². The molecule has 0 aliphatic carbocycles. The van der Waals surface area contributed by atoms with Crippen LogP contribution in [0.1, 0.15) is 31.7 Å². The van der Waals surface area contributed by atoms with Crippen molar-refractivity contribution < 1.29 is 14.7 Å². The number of aliphatic carboxylic acids is 1. The summed E-state index contributed by atoms with van der Waals surface area (Å²) in [6, 6.07) is 8.84. The highest BCUT2D eigenvalue weighted by atomic mass is 16.4. The third kappa shape index (κ3) is 4.04. The van der Waals surface area contributed by atoms with Gasteiger partial charge in [0.05, 0.1) is 5.54 Å². The number of carbonyl (C=O) groups is 2. The number of amides is 1. The molecule has 2 atom stereocenters. The third-order valence-electron chi connectivity index (χ3n) is 4.04. The van der Waals surface area contributed by atoms with Gasteiger partial charge in [0, 0.05) is 0 Å². The number of carbonyl (C=O) groups excluding carboxylic acids is 1. The number of carboxylic acids is 1. The van der Waals surface area contributed by atoms with Crippen LogP contribution in [0.3, 0.4) is 0 Å². The molecular weight excluding hydrogens is 268 g/mol. The first-order chi connectivity index (χ1) is 10.0. The lowest BCUT2D eigenvalue weighted by molar-refractivity contribution is -0.142. The molecule has 3 N–H and O–H groups in total. The van der Waals surface area contributed by atoms with Crippen LogP contribution in [0.2, 0.25) is 0 Å². The molecule has 0 bridgehead atoms. The summed E-state index contributed by atoms with van der Waals surface area (Å²) in [7, 11) is 0. The van der Waals surface area contributed by atoms with Crippen molar-refractivity contribution in [1.29, 1.82) is 0 Å². The number of hydrogen-bond donors (Lipinski definition) is 3. The Bertz CT molecular complexity index is 496. The van der Waals surface area contributed by atoms with Gasteiger partial charge in [-0.3, -0.25) is 4.79 Å². The van der Waals surface area contributed by atoms with Crippen LogP contribution in [0.15, 0.2) is 30.3 Å². The predicted octanol–water partition coefficient (Wildman–Crippen LogP) is 1.33. The van der Waals surface area contributed by atoms with Gasteiger partial charge in [0.1, 0.15) is 6.04 Å². The van der Waals surface area contributed by atoms with Gasteiger partial charge in [-0.25, -0.2) is 4.79 Å². The molecule has 0 saturated carbocycles. The van der Waals surface area contributed by atoms with Gasteiger partial charge in [-0.1, -0.05) is 30.3 Å². The van der Waals surface area contributed by atoms with E-state index in [9.17, 15) is 14.7 Å². The summed E-state index contributed by atoms with van der Waals surface area (Å²) in [4.78, 5) is 23.6. The second kappa shape index (κ2) is 6.72. The molecule has 1 aromatic carbocycles. The van der Waals surface area contributed by atoms with Gasteiger partial charge in [-0.05, 0) is 44.7 Å². The van der Waals surface area contributed by atoms with Gasteiger partial charge in [0.15, 0.2) is 0 Å². The Morgan fingerprint density at radius 3 is 2.67 bits per heavy atom. The van der Waals surface area contributed by atoms with Gasteiger partial charge in [0.2, 0.25) is 5.91 Å². The van der Waals surface area contributed by atoms with Crippen LogP contribution in [-0.2, 0) is 16.0 Å². The summed E-state index contributed by atoms with van der Waals surface area (Å²) in [6.45, 7) is 2.62. The average Bonchev–Trinajstić information content (AvgIpc) is 2.92. The van der Waals surface area contributed by atoms with Crippen molar-refractivity contribution in [3.05, 3.63) is 35.9 Å². The van der Waals surface area contributed by atoms with E-state index in [2.05, 4.69) is 10.6 Å². The van der Waals surface area contributed by atoms with E-state index in [1.165, 1.54) is 0 Å². The summed E-state index contributed by atoms with van der Waals surface area (Å²) in [5.74, 6) is -1.21. The van der Waals surface area contributed by atoms with Gasteiger partial charge in [0.25, 0.3) is 0 Å². The molecule has 2 rings (SSSR count). The largest absolute Gasteiger partial charge is 0.480 e. The highest BCUT2D eigenvalue weighted by molar-refractivity contribution is 5.90. The lowest BCUT2D eigenvalue weighted by Gasteiger charge is -2.25. The second-order valence-corrected chi connectivity index (χ2v) is 5.75. The molecule has 0 aromatic heterocycles. The molecule has 1 amide bonds. The molecule has 1 heterocycles. The van der Waals surface area contributed by atoms with E-state index in [4.69, 9.17) is 0 Å². The van der Waals surface area contributed by atoms with Crippen LogP contribution in [-0.4, -0.2) is 35.1 Å². The summed E-state index contributed by atoms with van der Waals surface area (Å²) in [5.41, 5.74) is 0.434. The Labute approximate surface area is 124 Å². The first kappa shape index (κ1) is 15.5. The Hall–Kier alpha value is -1.88. The fourth-order valence-electron chi connectivity index (χ4n) is 2.62. The van der Waals surface area contributed by atoms with E-state index < -0.39 is 17.6 Å². The maximum absolute atomic E-state index is 12.3. The Morgan fingerprint density at radius 2 is 2.10 bits per heavy atom. The molecule has 2 unspecified atom stereocenters. The SMILES string of the molecule is CC1(C(=O)NC(CCc2ccccc2)C(=O)O)CCCN1. The van der Waals surface area contributed by atoms with Crippen LogP contribution >= 0.6 is 0 Å². The predicted molar refractivity (Wildman–Crippen MR) is 80.0 cm³/mol. The summed E-state index contributed by atoms with van der Waals surface area (Å²) >= 11 is 0. The molecule has 21 heavy (non-hydrogen) atoms. The molecular formula is C16H22N2O3. The molecule has 1 aliphatic rings. The molecule has 0 spiro atoms. The number of benzene rings is 1. The van der Waals surface area contributed by atoms with Crippen molar-refractivity contribution in [1.82, 2.24) is 10.6 Å². The van der Waals surface area contributed by atoms with Crippen molar-refractivity contribution in [3.63, 3.8) is 0 Å². The second-order valence-electron chi connectivity index (χ2n) is 5.75. The zero-order chi connectivity index (χ0) is 15.3. The minimum atomic E-state index is -0.985. The fraction of sp³-hybridized carbons (Fsp3) is 0.500. The zero-order valence-electron chi connectivity index (χ0n) is 12.3. The van der Waals surface area contributed by atoms with Gasteiger partial charge < -0.3 is 15.7 Å². The third-order valence-corrected chi connectivity index (χ3v) is 4.04. The van der Waals surface area contributed by atoms with E-state index in [1.54, 1.807) is 0 Å². The van der Waals surface area contributed by atoms with E-state index in [-0.39, 0.29) is 5.91 Å². The standard InChI is InChI=1S/C16H22N2O3/c1-16(10-5-11-17-16)15(21)18-13(14(19)20)9-8-12-6-3-2-4-7-12/h2-4,6-7,13,17H,5,8-11H2,1H3,(H,18,21)(H,19,20). The van der Waals surface area contributed by atoms with E-state index in [0.717, 1.165) is 24.9 Å². The normalized spacial score (nSPS) is 22.7. The van der Waals surface area contributed by atoms with Gasteiger partial charge >= 0.3 is 5.97 Å². The van der Waals surface area contributed by atoms with Gasteiger partial charge in [-0.15, -0.1) is 0 Å². The topological polar surface area (TPSA) is 78.4 Å². The molecule has 0 radical (unpaired) electrons. The number of aryl methyl sites for hydroxylation is 1. The number of hydrogen-bond acceptors (Lipinski definition) is 3. The highest BCUT2D eigenvalue weighted by Gasteiger charge is 2.37. The fourth-order valence-corrected chi connectivity index (χ4v) is 2.62. The maximum Gasteiger partial charge on any atom is 0.326 e. The number of nitrogens with one attached hydrogen (secondary N) is 2. The van der Waals surface area contributed by atoms with Crippen molar-refractivity contribution in [2.75, 3.05) is 6.54 Å². The first-order valence-electron chi connectivity index (χ1n) is 7.34. The number of carboxylic acid groups (broad SMARTS) is 1. The van der Waals surface area contributed by atoms with Crippen molar-refractivity contribution >= 4 is 11.9 Å². The molecule has 114 valence electrons. The molecule has 1 aromatic rings. The van der Waals surface area contributed by atoms with Crippen LogP contribution < -0.4 is 10.6 Å². The van der Waals surface area contributed by atoms with Crippen LogP contribution in [0.25, 0.3) is 0 Å². The quantitative estimate of drug-likeness (QED) is 0.738. The summed E-state index contributed by atoms with van der Waals surface area (Å²) in [5, 5.41) is 15.1. The summed E-state index contributed by atoms with van der Waals surface area (Å²) in [6.07, 6.45) is 2.69. The Balaban J connectivity index is 1.93. The molecule has 1 saturated heterocycles. The van der Waals surface area contributed by atoms with Crippen molar-refractivity contribution in [3.8, 4) is 0 Å². The minimum Gasteiger partial charge on any atom is -0.480 e. The van der Waals surface area contributed by atoms with Gasteiger partial charge in [-0.2, -0.15) is 0 Å². The smallest absolute Gasteiger partial charge is 0.326 e.